The van der Waals surface area contributed by atoms with Crippen molar-refractivity contribution in [3.8, 4) is 5.75 Å². The van der Waals surface area contributed by atoms with Crippen LogP contribution in [0.1, 0.15) is 18.5 Å². The molecule has 0 radical (unpaired) electrons. The first-order valence-corrected chi connectivity index (χ1v) is 7.65. The second kappa shape index (κ2) is 6.59. The van der Waals surface area contributed by atoms with Crippen molar-refractivity contribution in [3.63, 3.8) is 0 Å². The molecule has 1 N–H and O–H groups in total. The van der Waals surface area contributed by atoms with E-state index in [2.05, 4.69) is 37.2 Å². The fourth-order valence-corrected chi connectivity index (χ4v) is 3.03. The highest BCUT2D eigenvalue weighted by atomic mass is 79.9. The molecule has 2 rings (SSSR count). The van der Waals surface area contributed by atoms with Crippen LogP contribution in [-0.4, -0.2) is 7.11 Å². The van der Waals surface area contributed by atoms with Gasteiger partial charge >= 0.3 is 0 Å². The molecule has 0 aliphatic heterocycles. The highest BCUT2D eigenvalue weighted by Gasteiger charge is 2.11. The number of anilines is 1. The van der Waals surface area contributed by atoms with Gasteiger partial charge in [-0.05, 0) is 52.7 Å². The van der Waals surface area contributed by atoms with Crippen molar-refractivity contribution in [2.75, 3.05) is 12.4 Å². The van der Waals surface area contributed by atoms with Crippen LogP contribution in [-0.2, 0) is 0 Å². The van der Waals surface area contributed by atoms with Crippen LogP contribution in [0.25, 0.3) is 0 Å². The topological polar surface area (TPSA) is 21.3 Å². The zero-order chi connectivity index (χ0) is 14.7. The molecule has 0 aromatic heterocycles. The van der Waals surface area contributed by atoms with Gasteiger partial charge in [0.15, 0.2) is 0 Å². The Morgan fingerprint density at radius 3 is 2.50 bits per heavy atom. The maximum Gasteiger partial charge on any atom is 0.135 e. The average Bonchev–Trinajstić information content (AvgIpc) is 2.40. The van der Waals surface area contributed by atoms with Gasteiger partial charge in [0.2, 0.25) is 0 Å². The Bertz CT molecular complexity index is 619. The van der Waals surface area contributed by atoms with E-state index in [4.69, 9.17) is 4.74 Å². The van der Waals surface area contributed by atoms with Crippen LogP contribution in [0.4, 0.5) is 10.1 Å². The lowest BCUT2D eigenvalue weighted by molar-refractivity contribution is 0.412. The number of nitrogens with one attached hydrogen (secondary N) is 1. The Morgan fingerprint density at radius 2 is 1.85 bits per heavy atom. The van der Waals surface area contributed by atoms with Crippen LogP contribution >= 0.6 is 31.9 Å². The van der Waals surface area contributed by atoms with Gasteiger partial charge in [0.25, 0.3) is 0 Å². The molecule has 0 spiro atoms. The van der Waals surface area contributed by atoms with Gasteiger partial charge in [-0.2, -0.15) is 0 Å². The summed E-state index contributed by atoms with van der Waals surface area (Å²) in [4.78, 5) is 0. The van der Waals surface area contributed by atoms with Crippen molar-refractivity contribution in [1.82, 2.24) is 0 Å². The molecule has 0 fully saturated rings. The second-order valence-electron chi connectivity index (χ2n) is 4.38. The van der Waals surface area contributed by atoms with Gasteiger partial charge < -0.3 is 10.1 Å². The van der Waals surface area contributed by atoms with E-state index in [1.807, 2.05) is 25.1 Å². The molecule has 106 valence electrons. The zero-order valence-electron chi connectivity index (χ0n) is 11.1. The number of hydrogen-bond donors (Lipinski definition) is 1. The Balaban J connectivity index is 2.21. The van der Waals surface area contributed by atoms with Gasteiger partial charge in [-0.25, -0.2) is 4.39 Å². The lowest BCUT2D eigenvalue weighted by Gasteiger charge is -2.18. The molecular formula is C15H14Br2FNO. The number of benzene rings is 2. The molecule has 0 aliphatic rings. The van der Waals surface area contributed by atoms with Crippen molar-refractivity contribution in [1.29, 1.82) is 0 Å². The van der Waals surface area contributed by atoms with Gasteiger partial charge in [-0.15, -0.1) is 0 Å². The summed E-state index contributed by atoms with van der Waals surface area (Å²) in [5.74, 6) is 0.513. The lowest BCUT2D eigenvalue weighted by Crippen LogP contribution is -2.07. The summed E-state index contributed by atoms with van der Waals surface area (Å²) in [5, 5.41) is 3.37. The van der Waals surface area contributed by atoms with Gasteiger partial charge in [0.05, 0.1) is 11.6 Å². The molecule has 5 heteroatoms. The molecule has 0 heterocycles. The molecule has 0 amide bonds. The third kappa shape index (κ3) is 3.52. The molecule has 20 heavy (non-hydrogen) atoms. The summed E-state index contributed by atoms with van der Waals surface area (Å²) >= 11 is 6.81. The van der Waals surface area contributed by atoms with Crippen LogP contribution in [0.3, 0.4) is 0 Å². The van der Waals surface area contributed by atoms with Crippen LogP contribution in [0.5, 0.6) is 5.75 Å². The summed E-state index contributed by atoms with van der Waals surface area (Å²) < 4.78 is 20.0. The van der Waals surface area contributed by atoms with E-state index >= 15 is 0 Å². The molecule has 2 aromatic rings. The van der Waals surface area contributed by atoms with E-state index in [0.29, 0.717) is 0 Å². The van der Waals surface area contributed by atoms with Gasteiger partial charge in [0, 0.05) is 22.3 Å². The smallest absolute Gasteiger partial charge is 0.135 e. The number of ether oxygens (including phenoxy) is 1. The van der Waals surface area contributed by atoms with Crippen molar-refractivity contribution in [2.24, 2.45) is 0 Å². The van der Waals surface area contributed by atoms with Gasteiger partial charge in [-0.1, -0.05) is 22.0 Å². The first-order valence-electron chi connectivity index (χ1n) is 6.06. The van der Waals surface area contributed by atoms with Crippen molar-refractivity contribution >= 4 is 37.5 Å². The Morgan fingerprint density at radius 1 is 1.10 bits per heavy atom. The third-order valence-corrected chi connectivity index (χ3v) is 4.31. The van der Waals surface area contributed by atoms with E-state index in [9.17, 15) is 4.39 Å². The van der Waals surface area contributed by atoms with Crippen LogP contribution in [0.2, 0.25) is 0 Å². The van der Waals surface area contributed by atoms with Crippen LogP contribution < -0.4 is 10.1 Å². The molecule has 0 aliphatic carbocycles. The molecule has 1 unspecified atom stereocenters. The number of hydrogen-bond acceptors (Lipinski definition) is 2. The monoisotopic (exact) mass is 401 g/mol. The first-order chi connectivity index (χ1) is 9.51. The maximum absolute atomic E-state index is 13.1. The third-order valence-electron chi connectivity index (χ3n) is 2.96. The van der Waals surface area contributed by atoms with Gasteiger partial charge in [-0.3, -0.25) is 0 Å². The normalized spacial score (nSPS) is 12.1. The minimum atomic E-state index is -0.252. The fourth-order valence-electron chi connectivity index (χ4n) is 1.93. The highest BCUT2D eigenvalue weighted by molar-refractivity contribution is 9.10. The highest BCUT2D eigenvalue weighted by Crippen LogP contribution is 2.31. The molecule has 1 atom stereocenters. The Hall–Kier alpha value is -1.07. The standard InChI is InChI=1S/C15H14Br2FNO/c1-9(12-5-3-10(18)7-14(12)17)19-11-4-6-13(16)15(8-11)20-2/h3-9,19H,1-2H3. The second-order valence-corrected chi connectivity index (χ2v) is 6.09. The predicted molar refractivity (Wildman–Crippen MR) is 86.8 cm³/mol. The first kappa shape index (κ1) is 15.3. The summed E-state index contributed by atoms with van der Waals surface area (Å²) in [6.07, 6.45) is 0. The Labute approximate surface area is 134 Å². The Kier molecular flexibility index (Phi) is 5.05. The van der Waals surface area contributed by atoms with E-state index < -0.39 is 0 Å². The van der Waals surface area contributed by atoms with E-state index in [0.717, 1.165) is 25.9 Å². The minimum Gasteiger partial charge on any atom is -0.495 e. The van der Waals surface area contributed by atoms with E-state index in [1.54, 1.807) is 13.2 Å². The average molecular weight is 403 g/mol. The molecule has 0 saturated carbocycles. The summed E-state index contributed by atoms with van der Waals surface area (Å²) in [6.45, 7) is 2.02. The maximum atomic E-state index is 13.1. The van der Waals surface area contributed by atoms with Crippen molar-refractivity contribution < 1.29 is 9.13 Å². The molecule has 2 aromatic carbocycles. The van der Waals surface area contributed by atoms with E-state index in [1.165, 1.54) is 12.1 Å². The van der Waals surface area contributed by atoms with E-state index in [-0.39, 0.29) is 11.9 Å². The largest absolute Gasteiger partial charge is 0.495 e. The summed E-state index contributed by atoms with van der Waals surface area (Å²) in [7, 11) is 1.63. The number of rotatable bonds is 4. The number of methoxy groups -OCH3 is 1. The molecule has 0 bridgehead atoms. The van der Waals surface area contributed by atoms with Gasteiger partial charge in [0.1, 0.15) is 11.6 Å². The SMILES string of the molecule is COc1cc(NC(C)c2ccc(F)cc2Br)ccc1Br. The van der Waals surface area contributed by atoms with Crippen molar-refractivity contribution in [3.05, 3.63) is 56.7 Å². The zero-order valence-corrected chi connectivity index (χ0v) is 14.3. The molecule has 0 saturated heterocycles. The van der Waals surface area contributed by atoms with Crippen LogP contribution in [0, 0.1) is 5.82 Å². The lowest BCUT2D eigenvalue weighted by atomic mass is 10.1. The summed E-state index contributed by atoms with van der Waals surface area (Å²) in [6, 6.07) is 10.5. The predicted octanol–water partition coefficient (Wildman–Crippen LogP) is 5.53. The molecular weight excluding hydrogens is 389 g/mol. The quantitative estimate of drug-likeness (QED) is 0.725. The minimum absolute atomic E-state index is 0.0378. The summed E-state index contributed by atoms with van der Waals surface area (Å²) in [5.41, 5.74) is 1.93. The fraction of sp³-hybridized carbons (Fsp3) is 0.200. The van der Waals surface area contributed by atoms with Crippen molar-refractivity contribution in [2.45, 2.75) is 13.0 Å². The molecule has 2 nitrogen and oxygen atoms in total. The van der Waals surface area contributed by atoms with Crippen LogP contribution in [0.15, 0.2) is 45.3 Å². The number of halogens is 3.